The number of rotatable bonds is 2. The summed E-state index contributed by atoms with van der Waals surface area (Å²) < 4.78 is 0. The largest absolute Gasteiger partial charge is 0.502 e. The van der Waals surface area contributed by atoms with Crippen LogP contribution in [-0.4, -0.2) is 61.0 Å². The number of nitrogens with zero attached hydrogens (tertiary/aromatic N) is 1. The highest BCUT2D eigenvalue weighted by Gasteiger charge is 2.70. The number of aliphatic hydroxyl groups is 2. The quantitative estimate of drug-likeness (QED) is 0.110. The van der Waals surface area contributed by atoms with Gasteiger partial charge in [-0.05, 0) is 11.5 Å². The fraction of sp³-hybridized carbons (Fsp3) is 0.450. The highest BCUT2D eigenvalue weighted by Crippen LogP contribution is 2.55. The Labute approximate surface area is 184 Å². The lowest BCUT2D eigenvalue weighted by molar-refractivity contribution is -0.385. The lowest BCUT2D eigenvalue weighted by Crippen LogP contribution is -2.72. The molecule has 1 amide bonds. The van der Waals surface area contributed by atoms with Crippen molar-refractivity contribution in [2.45, 2.75) is 31.0 Å². The van der Waals surface area contributed by atoms with Gasteiger partial charge in [-0.1, -0.05) is 6.92 Å². The second kappa shape index (κ2) is 6.89. The number of aromatic hydroxyl groups is 1. The molecule has 0 saturated heterocycles. The third-order valence-electron chi connectivity index (χ3n) is 7.16. The molecule has 1 aromatic rings. The predicted molar refractivity (Wildman–Crippen MR) is 106 cm³/mol. The van der Waals surface area contributed by atoms with E-state index in [4.69, 9.17) is 11.5 Å². The van der Waals surface area contributed by atoms with Gasteiger partial charge in [-0.3, -0.25) is 34.1 Å². The molecule has 13 nitrogen and oxygen atoms in total. The molecular formula is C20H19N3O10. The van der Waals surface area contributed by atoms with Crippen LogP contribution in [-0.2, 0) is 19.2 Å². The number of hydrogen-bond acceptors (Lipinski definition) is 11. The highest BCUT2D eigenvalue weighted by atomic mass is 16.6. The molecule has 33 heavy (non-hydrogen) atoms. The third-order valence-corrected chi connectivity index (χ3v) is 7.16. The number of primary amides is 1. The number of phenols is 1. The maximum atomic E-state index is 13.4. The molecule has 174 valence electrons. The lowest BCUT2D eigenvalue weighted by atomic mass is 9.50. The predicted octanol–water partition coefficient (Wildman–Crippen LogP) is -1.65. The summed E-state index contributed by atoms with van der Waals surface area (Å²) in [5.74, 6) is -15.4. The number of nitro groups is 1. The minimum atomic E-state index is -3.07. The van der Waals surface area contributed by atoms with Gasteiger partial charge in [0.25, 0.3) is 0 Å². The van der Waals surface area contributed by atoms with E-state index in [0.717, 1.165) is 6.07 Å². The number of amides is 1. The van der Waals surface area contributed by atoms with E-state index in [1.54, 1.807) is 0 Å². The number of ketones is 4. The first kappa shape index (κ1) is 22.5. The van der Waals surface area contributed by atoms with Crippen molar-refractivity contribution >= 4 is 40.4 Å². The molecule has 2 fully saturated rings. The monoisotopic (exact) mass is 461 g/mol. The number of hydrogen-bond donors (Lipinski definition) is 5. The Morgan fingerprint density at radius 2 is 1.85 bits per heavy atom. The Hall–Kier alpha value is -3.71. The van der Waals surface area contributed by atoms with Gasteiger partial charge in [-0.2, -0.15) is 0 Å². The summed E-state index contributed by atoms with van der Waals surface area (Å²) in [6.45, 7) is 1.45. The molecule has 0 aliphatic heterocycles. The van der Waals surface area contributed by atoms with E-state index >= 15 is 0 Å². The van der Waals surface area contributed by atoms with Crippen LogP contribution in [0.15, 0.2) is 6.07 Å². The Balaban J connectivity index is 1.94. The van der Waals surface area contributed by atoms with E-state index in [9.17, 15) is 49.4 Å². The molecule has 0 radical (unpaired) electrons. The lowest BCUT2D eigenvalue weighted by Gasteiger charge is -2.52. The van der Waals surface area contributed by atoms with Gasteiger partial charge >= 0.3 is 5.69 Å². The van der Waals surface area contributed by atoms with Gasteiger partial charge in [0.2, 0.25) is 11.7 Å². The molecule has 2 unspecified atom stereocenters. The number of aliphatic hydroxyl groups excluding tert-OH is 1. The van der Waals surface area contributed by atoms with Crippen molar-refractivity contribution < 1.29 is 44.2 Å². The summed E-state index contributed by atoms with van der Waals surface area (Å²) in [7, 11) is 0. The Bertz CT molecular complexity index is 1190. The Kier molecular flexibility index (Phi) is 4.70. The number of nitrogen functional groups attached to an aromatic ring is 1. The Morgan fingerprint density at radius 1 is 1.24 bits per heavy atom. The van der Waals surface area contributed by atoms with Crippen LogP contribution < -0.4 is 11.5 Å². The molecule has 0 aromatic heterocycles. The Morgan fingerprint density at radius 3 is 2.39 bits per heavy atom. The van der Waals surface area contributed by atoms with E-state index in [0.29, 0.717) is 0 Å². The summed E-state index contributed by atoms with van der Waals surface area (Å²) >= 11 is 0. The SMILES string of the molecule is C[C@H]1c2c(N)cc([N+](=O)[O-])c(O)c2C(=O)C2C(=O)[C@]3(O)C(=O)C(C(N)=O)C(=O)C[C@@H]3[C@H](O)[C@@H]21. The van der Waals surface area contributed by atoms with Crippen LogP contribution in [0.2, 0.25) is 0 Å². The standard InChI is InChI=1S/C20H19N3O10/c1-4-9-6(21)3-7(23(32)33)15(26)12(9)16(27)13-10(4)14(25)5-2-8(24)11(19(22)30)17(28)20(5,31)18(13)29/h3-5,10-11,13-14,25-26,31H,2,21H2,1H3,(H2,22,30)/t4-,5+,10+,11?,13?,14-,20+/m0/s1. The van der Waals surface area contributed by atoms with E-state index in [1.807, 2.05) is 0 Å². The molecule has 0 spiro atoms. The van der Waals surface area contributed by atoms with Gasteiger partial charge in [0.05, 0.1) is 22.5 Å². The normalized spacial score (nSPS) is 35.5. The van der Waals surface area contributed by atoms with Gasteiger partial charge in [-0.25, -0.2) is 0 Å². The first-order chi connectivity index (χ1) is 15.3. The topological polar surface area (TPSA) is 241 Å². The van der Waals surface area contributed by atoms with Crippen LogP contribution in [0.25, 0.3) is 0 Å². The van der Waals surface area contributed by atoms with Gasteiger partial charge in [0, 0.05) is 30.0 Å². The summed E-state index contributed by atoms with van der Waals surface area (Å²) in [6.07, 6.45) is -2.47. The number of anilines is 1. The summed E-state index contributed by atoms with van der Waals surface area (Å²) in [5.41, 5.74) is 6.15. The molecule has 3 aliphatic rings. The summed E-state index contributed by atoms with van der Waals surface area (Å²) in [4.78, 5) is 74.0. The molecular weight excluding hydrogens is 442 g/mol. The van der Waals surface area contributed by atoms with Crippen LogP contribution in [0.3, 0.4) is 0 Å². The molecule has 7 N–H and O–H groups in total. The van der Waals surface area contributed by atoms with Crippen LogP contribution in [0.5, 0.6) is 5.75 Å². The van der Waals surface area contributed by atoms with Crippen LogP contribution in [0, 0.1) is 33.8 Å². The second-order valence-electron chi connectivity index (χ2n) is 8.69. The molecule has 7 atom stereocenters. The zero-order valence-electron chi connectivity index (χ0n) is 17.0. The molecule has 13 heteroatoms. The van der Waals surface area contributed by atoms with E-state index in [-0.39, 0.29) is 11.3 Å². The van der Waals surface area contributed by atoms with E-state index in [2.05, 4.69) is 0 Å². The number of Topliss-reactive ketones (excluding diaryl/α,β-unsaturated/α-hetero) is 4. The van der Waals surface area contributed by atoms with Crippen molar-refractivity contribution in [3.05, 3.63) is 27.3 Å². The minimum Gasteiger partial charge on any atom is -0.502 e. The maximum absolute atomic E-state index is 13.4. The van der Waals surface area contributed by atoms with Crippen LogP contribution in [0.1, 0.15) is 35.2 Å². The van der Waals surface area contributed by atoms with Crippen LogP contribution >= 0.6 is 0 Å². The first-order valence-electron chi connectivity index (χ1n) is 9.91. The number of phenolic OH excluding ortho intramolecular Hbond substituents is 1. The zero-order valence-corrected chi connectivity index (χ0v) is 17.0. The molecule has 0 bridgehead atoms. The number of nitro benzene ring substituents is 1. The summed E-state index contributed by atoms with van der Waals surface area (Å²) in [5, 5.41) is 43.9. The average Bonchev–Trinajstić information content (AvgIpc) is 2.72. The number of nitrogens with two attached hydrogens (primary N) is 2. The molecule has 4 rings (SSSR count). The van der Waals surface area contributed by atoms with E-state index in [1.165, 1.54) is 6.92 Å². The van der Waals surface area contributed by atoms with Crippen molar-refractivity contribution in [2.75, 3.05) is 5.73 Å². The van der Waals surface area contributed by atoms with Crippen molar-refractivity contribution in [1.29, 1.82) is 0 Å². The summed E-state index contributed by atoms with van der Waals surface area (Å²) in [6, 6.07) is 0.844. The minimum absolute atomic E-state index is 0.0369. The maximum Gasteiger partial charge on any atom is 0.313 e. The molecule has 0 heterocycles. The molecule has 1 aromatic carbocycles. The fourth-order valence-electron chi connectivity index (χ4n) is 5.67. The number of fused-ring (bicyclic) bond motifs is 3. The molecule has 3 aliphatic carbocycles. The average molecular weight is 461 g/mol. The van der Waals surface area contributed by atoms with Crippen molar-refractivity contribution in [3.8, 4) is 5.75 Å². The van der Waals surface area contributed by atoms with Gasteiger partial charge in [-0.15, -0.1) is 0 Å². The second-order valence-corrected chi connectivity index (χ2v) is 8.69. The number of carbonyl (C=O) groups excluding carboxylic acids is 5. The van der Waals surface area contributed by atoms with E-state index < -0.39 is 98.7 Å². The van der Waals surface area contributed by atoms with Crippen LogP contribution in [0.4, 0.5) is 11.4 Å². The van der Waals surface area contributed by atoms with Crippen molar-refractivity contribution in [3.63, 3.8) is 0 Å². The fourth-order valence-corrected chi connectivity index (χ4v) is 5.67. The first-order valence-corrected chi connectivity index (χ1v) is 9.91. The number of benzene rings is 1. The number of carbonyl (C=O) groups is 5. The van der Waals surface area contributed by atoms with Gasteiger partial charge in [0.15, 0.2) is 34.7 Å². The van der Waals surface area contributed by atoms with Crippen molar-refractivity contribution in [1.82, 2.24) is 0 Å². The van der Waals surface area contributed by atoms with Gasteiger partial charge in [0.1, 0.15) is 0 Å². The van der Waals surface area contributed by atoms with Crippen molar-refractivity contribution in [2.24, 2.45) is 29.4 Å². The highest BCUT2D eigenvalue weighted by molar-refractivity contribution is 6.31. The smallest absolute Gasteiger partial charge is 0.313 e. The van der Waals surface area contributed by atoms with Gasteiger partial charge < -0.3 is 26.8 Å². The zero-order chi connectivity index (χ0) is 24.7. The molecule has 2 saturated carbocycles. The third kappa shape index (κ3) is 2.63.